The van der Waals surface area contributed by atoms with Crippen molar-refractivity contribution in [3.63, 3.8) is 0 Å². The molecule has 2 aromatic rings. The first kappa shape index (κ1) is 20.2. The molecule has 0 bridgehead atoms. The van der Waals surface area contributed by atoms with E-state index in [1.165, 1.54) is 18.1 Å². The lowest BCUT2D eigenvalue weighted by atomic mass is 9.82. The van der Waals surface area contributed by atoms with Crippen LogP contribution in [0.3, 0.4) is 0 Å². The van der Waals surface area contributed by atoms with Crippen molar-refractivity contribution in [3.05, 3.63) is 71.2 Å². The minimum atomic E-state index is -0.250. The van der Waals surface area contributed by atoms with E-state index in [0.717, 1.165) is 36.8 Å². The summed E-state index contributed by atoms with van der Waals surface area (Å²) in [5.74, 6) is 0.0126. The van der Waals surface area contributed by atoms with Gasteiger partial charge in [-0.05, 0) is 42.9 Å². The van der Waals surface area contributed by atoms with Crippen LogP contribution in [-0.2, 0) is 9.59 Å². The van der Waals surface area contributed by atoms with Crippen LogP contribution in [0.15, 0.2) is 64.5 Å². The summed E-state index contributed by atoms with van der Waals surface area (Å²) in [6, 6.07) is 11.6. The van der Waals surface area contributed by atoms with Crippen LogP contribution in [0.4, 0.5) is 0 Å². The van der Waals surface area contributed by atoms with Gasteiger partial charge in [0.2, 0.25) is 0 Å². The van der Waals surface area contributed by atoms with E-state index in [4.69, 9.17) is 14.3 Å². The van der Waals surface area contributed by atoms with E-state index in [-0.39, 0.29) is 18.0 Å². The van der Waals surface area contributed by atoms with Crippen LogP contribution in [0.25, 0.3) is 11.3 Å². The standard InChI is InChI=1S/C21H22O3.CH2O2/c1-2-15-8-6-7-11-18(22)20(21(23)17-12-13-24-14-17)19(15)16-9-4-3-5-10-16;2-1-3/h3-5,9-10,12-14,23H,2,6-8,11H2,1H3;1H,(H,2,3). The third-order valence-electron chi connectivity index (χ3n) is 4.54. The van der Waals surface area contributed by atoms with Crippen molar-refractivity contribution in [2.45, 2.75) is 39.0 Å². The summed E-state index contributed by atoms with van der Waals surface area (Å²) in [5.41, 5.74) is 4.07. The van der Waals surface area contributed by atoms with Crippen molar-refractivity contribution < 1.29 is 24.2 Å². The molecule has 1 aliphatic rings. The molecule has 0 unspecified atom stereocenters. The lowest BCUT2D eigenvalue weighted by Gasteiger charge is -2.21. The fraction of sp³-hybridized carbons (Fsp3) is 0.273. The number of hydrogen-bond donors (Lipinski definition) is 2. The molecule has 1 aromatic carbocycles. The lowest BCUT2D eigenvalue weighted by molar-refractivity contribution is -0.123. The summed E-state index contributed by atoms with van der Waals surface area (Å²) >= 11 is 0. The molecule has 5 nitrogen and oxygen atoms in total. The predicted molar refractivity (Wildman–Crippen MR) is 104 cm³/mol. The zero-order chi connectivity index (χ0) is 19.6. The highest BCUT2D eigenvalue weighted by molar-refractivity contribution is 6.15. The van der Waals surface area contributed by atoms with Gasteiger partial charge in [-0.15, -0.1) is 0 Å². The predicted octanol–water partition coefficient (Wildman–Crippen LogP) is 5.26. The average molecular weight is 368 g/mol. The number of aliphatic hydroxyl groups is 1. The fourth-order valence-corrected chi connectivity index (χ4v) is 3.29. The summed E-state index contributed by atoms with van der Waals surface area (Å²) in [5, 5.41) is 17.7. The number of furan rings is 1. The van der Waals surface area contributed by atoms with Crippen molar-refractivity contribution >= 4 is 23.6 Å². The monoisotopic (exact) mass is 368 g/mol. The van der Waals surface area contributed by atoms with Crippen molar-refractivity contribution in [1.29, 1.82) is 0 Å². The first-order valence-electron chi connectivity index (χ1n) is 8.98. The molecule has 0 fully saturated rings. The van der Waals surface area contributed by atoms with Crippen LogP contribution in [0, 0.1) is 0 Å². The van der Waals surface area contributed by atoms with Gasteiger partial charge >= 0.3 is 0 Å². The second kappa shape index (κ2) is 10.2. The molecule has 0 radical (unpaired) electrons. The van der Waals surface area contributed by atoms with Gasteiger partial charge in [0.15, 0.2) is 5.78 Å². The van der Waals surface area contributed by atoms with Crippen molar-refractivity contribution in [3.8, 4) is 0 Å². The molecular weight excluding hydrogens is 344 g/mol. The Morgan fingerprint density at radius 1 is 1.15 bits per heavy atom. The second-order valence-electron chi connectivity index (χ2n) is 6.17. The quantitative estimate of drug-likeness (QED) is 0.438. The number of allylic oxidation sites excluding steroid dienone is 3. The molecule has 0 saturated carbocycles. The summed E-state index contributed by atoms with van der Waals surface area (Å²) in [6.07, 6.45) is 7.12. The van der Waals surface area contributed by atoms with E-state index in [9.17, 15) is 9.90 Å². The molecule has 0 atom stereocenters. The third kappa shape index (κ3) is 4.97. The van der Waals surface area contributed by atoms with Crippen LogP contribution in [0.1, 0.15) is 50.2 Å². The Bertz CT molecular complexity index is 814. The average Bonchev–Trinajstić information content (AvgIpc) is 3.21. The van der Waals surface area contributed by atoms with Crippen molar-refractivity contribution in [1.82, 2.24) is 0 Å². The van der Waals surface area contributed by atoms with Gasteiger partial charge in [-0.3, -0.25) is 9.59 Å². The maximum atomic E-state index is 12.9. The molecule has 0 amide bonds. The molecule has 1 aromatic heterocycles. The van der Waals surface area contributed by atoms with Crippen LogP contribution in [-0.4, -0.2) is 22.5 Å². The first-order valence-corrected chi connectivity index (χ1v) is 8.98. The van der Waals surface area contributed by atoms with E-state index in [1.807, 2.05) is 30.3 Å². The number of rotatable bonds is 3. The van der Waals surface area contributed by atoms with Crippen LogP contribution in [0.2, 0.25) is 0 Å². The van der Waals surface area contributed by atoms with Gasteiger partial charge in [-0.25, -0.2) is 0 Å². The van der Waals surface area contributed by atoms with Crippen LogP contribution in [0.5, 0.6) is 0 Å². The molecule has 142 valence electrons. The molecule has 2 N–H and O–H groups in total. The third-order valence-corrected chi connectivity index (χ3v) is 4.54. The zero-order valence-electron chi connectivity index (χ0n) is 15.4. The Morgan fingerprint density at radius 3 is 2.41 bits per heavy atom. The smallest absolute Gasteiger partial charge is 0.290 e. The van der Waals surface area contributed by atoms with E-state index in [2.05, 4.69) is 6.92 Å². The van der Waals surface area contributed by atoms with Crippen molar-refractivity contribution in [2.24, 2.45) is 0 Å². The maximum absolute atomic E-state index is 12.9. The Hall–Kier alpha value is -3.08. The van der Waals surface area contributed by atoms with Crippen molar-refractivity contribution in [2.75, 3.05) is 0 Å². The second-order valence-corrected chi connectivity index (χ2v) is 6.17. The molecule has 1 heterocycles. The van der Waals surface area contributed by atoms with Gasteiger partial charge in [0, 0.05) is 6.42 Å². The first-order chi connectivity index (χ1) is 13.1. The number of carboxylic acid groups (broad SMARTS) is 1. The van der Waals surface area contributed by atoms with Gasteiger partial charge in [0.1, 0.15) is 12.0 Å². The lowest BCUT2D eigenvalue weighted by Crippen LogP contribution is -2.12. The minimum absolute atomic E-state index is 0.00166. The van der Waals surface area contributed by atoms with Crippen LogP contribution >= 0.6 is 0 Å². The number of hydrogen-bond acceptors (Lipinski definition) is 4. The molecule has 1 aliphatic carbocycles. The summed E-state index contributed by atoms with van der Waals surface area (Å²) < 4.78 is 5.09. The zero-order valence-corrected chi connectivity index (χ0v) is 15.4. The normalized spacial score (nSPS) is 16.7. The number of benzene rings is 1. The summed E-state index contributed by atoms with van der Waals surface area (Å²) in [6.45, 7) is 1.86. The molecule has 27 heavy (non-hydrogen) atoms. The van der Waals surface area contributed by atoms with Gasteiger partial charge in [0.05, 0.1) is 17.4 Å². The Balaban J connectivity index is 0.000000817. The number of carbonyl (C=O) groups excluding carboxylic acids is 1. The maximum Gasteiger partial charge on any atom is 0.290 e. The number of aliphatic hydroxyl groups excluding tert-OH is 1. The van der Waals surface area contributed by atoms with Crippen LogP contribution < -0.4 is 0 Å². The van der Waals surface area contributed by atoms with Gasteiger partial charge in [0.25, 0.3) is 6.47 Å². The van der Waals surface area contributed by atoms with Gasteiger partial charge in [-0.2, -0.15) is 0 Å². The van der Waals surface area contributed by atoms with E-state index in [1.54, 1.807) is 6.07 Å². The van der Waals surface area contributed by atoms with E-state index < -0.39 is 0 Å². The topological polar surface area (TPSA) is 87.7 Å². The van der Waals surface area contributed by atoms with E-state index >= 15 is 0 Å². The van der Waals surface area contributed by atoms with Gasteiger partial charge < -0.3 is 14.6 Å². The largest absolute Gasteiger partial charge is 0.506 e. The highest BCUT2D eigenvalue weighted by Gasteiger charge is 2.26. The van der Waals surface area contributed by atoms with Gasteiger partial charge in [-0.1, -0.05) is 42.8 Å². The molecule has 5 heteroatoms. The number of Topliss-reactive ketones (excluding diaryl/α,β-unsaturated/α-hetero) is 1. The Labute approximate surface area is 158 Å². The molecule has 0 saturated heterocycles. The molecular formula is C22H24O5. The molecule has 0 spiro atoms. The highest BCUT2D eigenvalue weighted by atomic mass is 16.3. The highest BCUT2D eigenvalue weighted by Crippen LogP contribution is 2.37. The molecule has 0 aliphatic heterocycles. The molecule has 3 rings (SSSR count). The Kier molecular flexibility index (Phi) is 7.62. The Morgan fingerprint density at radius 2 is 1.81 bits per heavy atom. The summed E-state index contributed by atoms with van der Waals surface area (Å²) in [7, 11) is 0. The fourth-order valence-electron chi connectivity index (χ4n) is 3.29. The summed E-state index contributed by atoms with van der Waals surface area (Å²) in [4.78, 5) is 21.2. The number of ketones is 1. The SMILES string of the molecule is CCC1=C(c2ccccc2)C(=C(O)c2ccoc2)C(=O)CCCC1.O=CO. The van der Waals surface area contributed by atoms with E-state index in [0.29, 0.717) is 17.6 Å². The number of carbonyl (C=O) groups is 2. The minimum Gasteiger partial charge on any atom is -0.506 e.